The molecule has 4 heteroatoms. The van der Waals surface area contributed by atoms with E-state index in [-0.39, 0.29) is 0 Å². The fourth-order valence-electron chi connectivity index (χ4n) is 2.35. The van der Waals surface area contributed by atoms with Crippen LogP contribution in [-0.2, 0) is 6.54 Å². The van der Waals surface area contributed by atoms with Crippen LogP contribution in [0.5, 0.6) is 0 Å². The van der Waals surface area contributed by atoms with Crippen LogP contribution in [-0.4, -0.2) is 36.1 Å². The fourth-order valence-corrected chi connectivity index (χ4v) is 2.98. The molecular weight excluding hydrogens is 206 g/mol. The third kappa shape index (κ3) is 2.77. The molecule has 1 fully saturated rings. The quantitative estimate of drug-likeness (QED) is 0.846. The molecule has 0 bridgehead atoms. The van der Waals surface area contributed by atoms with Gasteiger partial charge in [-0.2, -0.15) is 0 Å². The Kier molecular flexibility index (Phi) is 3.72. The van der Waals surface area contributed by atoms with E-state index in [0.717, 1.165) is 12.5 Å². The van der Waals surface area contributed by atoms with Crippen LogP contribution < -0.4 is 5.32 Å². The molecule has 1 aromatic heterocycles. The second-order valence-electron chi connectivity index (χ2n) is 4.36. The highest BCUT2D eigenvalue weighted by Gasteiger charge is 2.24. The van der Waals surface area contributed by atoms with Gasteiger partial charge in [0.2, 0.25) is 0 Å². The SMILES string of the molecule is CNC1CCN(Cc2cncs2)CC1C. The van der Waals surface area contributed by atoms with Gasteiger partial charge >= 0.3 is 0 Å². The van der Waals surface area contributed by atoms with Crippen LogP contribution in [0, 0.1) is 5.92 Å². The number of nitrogens with one attached hydrogen (secondary N) is 1. The van der Waals surface area contributed by atoms with Crippen LogP contribution in [0.25, 0.3) is 0 Å². The van der Waals surface area contributed by atoms with Gasteiger partial charge in [0.15, 0.2) is 0 Å². The zero-order chi connectivity index (χ0) is 10.7. The van der Waals surface area contributed by atoms with Crippen molar-refractivity contribution in [3.8, 4) is 0 Å². The second-order valence-corrected chi connectivity index (χ2v) is 5.33. The molecule has 1 saturated heterocycles. The minimum absolute atomic E-state index is 0.697. The van der Waals surface area contributed by atoms with Crippen LogP contribution in [0.2, 0.25) is 0 Å². The van der Waals surface area contributed by atoms with Gasteiger partial charge in [0.1, 0.15) is 0 Å². The van der Waals surface area contributed by atoms with Crippen molar-refractivity contribution in [2.75, 3.05) is 20.1 Å². The molecule has 0 spiro atoms. The number of likely N-dealkylation sites (tertiary alicyclic amines) is 1. The zero-order valence-corrected chi connectivity index (χ0v) is 10.3. The molecule has 0 radical (unpaired) electrons. The Balaban J connectivity index is 1.86. The molecular formula is C11H19N3S. The minimum atomic E-state index is 0.697. The lowest BCUT2D eigenvalue weighted by atomic mass is 9.94. The summed E-state index contributed by atoms with van der Waals surface area (Å²) in [6.45, 7) is 5.81. The first-order valence-corrected chi connectivity index (χ1v) is 6.44. The summed E-state index contributed by atoms with van der Waals surface area (Å²) in [7, 11) is 2.07. The van der Waals surface area contributed by atoms with Crippen molar-refractivity contribution in [2.45, 2.75) is 25.9 Å². The standard InChI is InChI=1S/C11H19N3S/c1-9-6-14(4-3-11(9)12-2)7-10-5-13-8-15-10/h5,8-9,11-12H,3-4,6-7H2,1-2H3. The minimum Gasteiger partial charge on any atom is -0.317 e. The van der Waals surface area contributed by atoms with Gasteiger partial charge in [0.25, 0.3) is 0 Å². The normalized spacial score (nSPS) is 28.1. The molecule has 1 aliphatic heterocycles. The van der Waals surface area contributed by atoms with E-state index in [1.165, 1.54) is 24.4 Å². The third-order valence-corrected chi connectivity index (χ3v) is 3.99. The number of nitrogens with zero attached hydrogens (tertiary/aromatic N) is 2. The van der Waals surface area contributed by atoms with E-state index >= 15 is 0 Å². The molecule has 0 saturated carbocycles. The van der Waals surface area contributed by atoms with Crippen LogP contribution in [0.4, 0.5) is 0 Å². The highest BCUT2D eigenvalue weighted by molar-refractivity contribution is 7.09. The Bertz CT molecular complexity index is 286. The maximum Gasteiger partial charge on any atom is 0.0794 e. The molecule has 2 unspecified atom stereocenters. The average molecular weight is 225 g/mol. The second kappa shape index (κ2) is 5.05. The predicted molar refractivity (Wildman–Crippen MR) is 64.0 cm³/mol. The summed E-state index contributed by atoms with van der Waals surface area (Å²) in [6, 6.07) is 0.697. The Labute approximate surface area is 95.5 Å². The average Bonchev–Trinajstić information content (AvgIpc) is 2.71. The molecule has 1 N–H and O–H groups in total. The zero-order valence-electron chi connectivity index (χ0n) is 9.44. The van der Waals surface area contributed by atoms with Gasteiger partial charge in [0, 0.05) is 36.8 Å². The summed E-state index contributed by atoms with van der Waals surface area (Å²) < 4.78 is 0. The summed E-state index contributed by atoms with van der Waals surface area (Å²) in [6.07, 6.45) is 3.25. The Hall–Kier alpha value is -0.450. The monoisotopic (exact) mass is 225 g/mol. The number of hydrogen-bond donors (Lipinski definition) is 1. The van der Waals surface area contributed by atoms with Crippen LogP contribution in [0.3, 0.4) is 0 Å². The number of aromatic nitrogens is 1. The highest BCUT2D eigenvalue weighted by Crippen LogP contribution is 2.19. The van der Waals surface area contributed by atoms with E-state index in [4.69, 9.17) is 0 Å². The van der Waals surface area contributed by atoms with Gasteiger partial charge in [-0.3, -0.25) is 9.88 Å². The van der Waals surface area contributed by atoms with Crippen molar-refractivity contribution in [1.82, 2.24) is 15.2 Å². The molecule has 0 aliphatic carbocycles. The summed E-state index contributed by atoms with van der Waals surface area (Å²) in [5.74, 6) is 0.747. The first-order chi connectivity index (χ1) is 7.29. The molecule has 3 nitrogen and oxygen atoms in total. The third-order valence-electron chi connectivity index (χ3n) is 3.22. The van der Waals surface area contributed by atoms with Crippen molar-refractivity contribution in [2.24, 2.45) is 5.92 Å². The predicted octanol–water partition coefficient (Wildman–Crippen LogP) is 1.57. The number of rotatable bonds is 3. The molecule has 0 aromatic carbocycles. The molecule has 1 aromatic rings. The summed E-state index contributed by atoms with van der Waals surface area (Å²) >= 11 is 1.76. The summed E-state index contributed by atoms with van der Waals surface area (Å²) in [5, 5.41) is 3.40. The lowest BCUT2D eigenvalue weighted by Gasteiger charge is -2.36. The molecule has 84 valence electrons. The van der Waals surface area contributed by atoms with E-state index in [1.807, 2.05) is 11.7 Å². The van der Waals surface area contributed by atoms with Crippen LogP contribution in [0.1, 0.15) is 18.2 Å². The molecule has 2 heterocycles. The van der Waals surface area contributed by atoms with Gasteiger partial charge in [-0.1, -0.05) is 6.92 Å². The van der Waals surface area contributed by atoms with Crippen molar-refractivity contribution in [3.63, 3.8) is 0 Å². The summed E-state index contributed by atoms with van der Waals surface area (Å²) in [5.41, 5.74) is 1.92. The Morgan fingerprint density at radius 2 is 2.53 bits per heavy atom. The van der Waals surface area contributed by atoms with Crippen LogP contribution >= 0.6 is 11.3 Å². The number of thiazole rings is 1. The number of piperidine rings is 1. The van der Waals surface area contributed by atoms with E-state index < -0.39 is 0 Å². The van der Waals surface area contributed by atoms with E-state index in [2.05, 4.69) is 29.2 Å². The van der Waals surface area contributed by atoms with Crippen LogP contribution in [0.15, 0.2) is 11.7 Å². The molecule has 15 heavy (non-hydrogen) atoms. The summed E-state index contributed by atoms with van der Waals surface area (Å²) in [4.78, 5) is 8.03. The fraction of sp³-hybridized carbons (Fsp3) is 0.727. The molecule has 1 aliphatic rings. The first-order valence-electron chi connectivity index (χ1n) is 5.56. The van der Waals surface area contributed by atoms with Gasteiger partial charge in [0.05, 0.1) is 5.51 Å². The molecule has 0 amide bonds. The maximum atomic E-state index is 4.12. The van der Waals surface area contributed by atoms with Gasteiger partial charge < -0.3 is 5.32 Å². The number of hydrogen-bond acceptors (Lipinski definition) is 4. The van der Waals surface area contributed by atoms with Gasteiger partial charge in [-0.05, 0) is 19.4 Å². The Morgan fingerprint density at radius 3 is 3.13 bits per heavy atom. The first kappa shape index (κ1) is 11.0. The molecule has 2 rings (SSSR count). The maximum absolute atomic E-state index is 4.12. The molecule has 2 atom stereocenters. The van der Waals surface area contributed by atoms with Crippen molar-refractivity contribution in [1.29, 1.82) is 0 Å². The Morgan fingerprint density at radius 1 is 1.67 bits per heavy atom. The van der Waals surface area contributed by atoms with E-state index in [0.29, 0.717) is 6.04 Å². The lowest BCUT2D eigenvalue weighted by Crippen LogP contribution is -2.46. The smallest absolute Gasteiger partial charge is 0.0794 e. The van der Waals surface area contributed by atoms with Crippen molar-refractivity contribution < 1.29 is 0 Å². The van der Waals surface area contributed by atoms with Gasteiger partial charge in [-0.15, -0.1) is 11.3 Å². The van der Waals surface area contributed by atoms with Gasteiger partial charge in [-0.25, -0.2) is 0 Å². The van der Waals surface area contributed by atoms with E-state index in [9.17, 15) is 0 Å². The van der Waals surface area contributed by atoms with Crippen molar-refractivity contribution >= 4 is 11.3 Å². The largest absolute Gasteiger partial charge is 0.317 e. The lowest BCUT2D eigenvalue weighted by molar-refractivity contribution is 0.146. The van der Waals surface area contributed by atoms with Crippen molar-refractivity contribution in [3.05, 3.63) is 16.6 Å². The topological polar surface area (TPSA) is 28.2 Å². The van der Waals surface area contributed by atoms with E-state index in [1.54, 1.807) is 11.3 Å². The highest BCUT2D eigenvalue weighted by atomic mass is 32.1.